The van der Waals surface area contributed by atoms with Gasteiger partial charge < -0.3 is 22.7 Å². The topological polar surface area (TPSA) is 32.4 Å². The number of aromatic amines is 1. The molecule has 1 unspecified atom stereocenters. The molecule has 2 heterocycles. The SMILES string of the molecule is CC1(C)CCC(c2c[nH]c3ccccc23)[NH2+]1.[Cl-]. The number of fused-ring (bicyclic) bond motifs is 1. The summed E-state index contributed by atoms with van der Waals surface area (Å²) in [6.45, 7) is 4.67. The molecule has 1 atom stereocenters. The molecule has 1 aliphatic rings. The van der Waals surface area contributed by atoms with Crippen molar-refractivity contribution in [2.24, 2.45) is 0 Å². The third-order valence-corrected chi connectivity index (χ3v) is 3.77. The van der Waals surface area contributed by atoms with E-state index in [1.165, 1.54) is 29.3 Å². The number of rotatable bonds is 1. The number of hydrogen-bond acceptors (Lipinski definition) is 0. The van der Waals surface area contributed by atoms with Crippen molar-refractivity contribution < 1.29 is 17.7 Å². The van der Waals surface area contributed by atoms with Crippen LogP contribution in [0, 0.1) is 0 Å². The van der Waals surface area contributed by atoms with E-state index in [1.54, 1.807) is 0 Å². The number of nitrogens with one attached hydrogen (secondary N) is 1. The quantitative estimate of drug-likeness (QED) is 0.675. The molecule has 17 heavy (non-hydrogen) atoms. The van der Waals surface area contributed by atoms with Gasteiger partial charge in [-0.25, -0.2) is 0 Å². The third kappa shape index (κ3) is 2.20. The van der Waals surface area contributed by atoms with Crippen LogP contribution in [0.2, 0.25) is 0 Å². The molecule has 3 rings (SSSR count). The van der Waals surface area contributed by atoms with Crippen LogP contribution in [0.3, 0.4) is 0 Å². The molecule has 1 fully saturated rings. The molecule has 0 radical (unpaired) electrons. The summed E-state index contributed by atoms with van der Waals surface area (Å²) >= 11 is 0. The maximum Gasteiger partial charge on any atom is 0.114 e. The average molecular weight is 251 g/mol. The van der Waals surface area contributed by atoms with Crippen LogP contribution in [0.1, 0.15) is 38.3 Å². The number of para-hydroxylation sites is 1. The molecule has 1 aliphatic heterocycles. The normalized spacial score (nSPS) is 22.6. The van der Waals surface area contributed by atoms with Gasteiger partial charge in [0.2, 0.25) is 0 Å². The number of benzene rings is 1. The lowest BCUT2D eigenvalue weighted by atomic mass is 10.0. The van der Waals surface area contributed by atoms with Gasteiger partial charge in [-0.2, -0.15) is 0 Å². The van der Waals surface area contributed by atoms with Crippen LogP contribution in [0.5, 0.6) is 0 Å². The molecule has 0 spiro atoms. The van der Waals surface area contributed by atoms with Crippen LogP contribution in [0.25, 0.3) is 10.9 Å². The first-order valence-electron chi connectivity index (χ1n) is 6.08. The maximum absolute atomic E-state index is 3.37. The van der Waals surface area contributed by atoms with Gasteiger partial charge in [-0.3, -0.25) is 0 Å². The lowest BCUT2D eigenvalue weighted by Crippen LogP contribution is -3.00. The van der Waals surface area contributed by atoms with Crippen molar-refractivity contribution in [2.75, 3.05) is 0 Å². The Labute approximate surface area is 108 Å². The van der Waals surface area contributed by atoms with Crippen molar-refractivity contribution in [3.8, 4) is 0 Å². The highest BCUT2D eigenvalue weighted by Crippen LogP contribution is 2.29. The highest BCUT2D eigenvalue weighted by molar-refractivity contribution is 5.83. The van der Waals surface area contributed by atoms with Crippen LogP contribution in [0.4, 0.5) is 0 Å². The van der Waals surface area contributed by atoms with Gasteiger partial charge in [0, 0.05) is 35.5 Å². The minimum atomic E-state index is 0. The summed E-state index contributed by atoms with van der Waals surface area (Å²) in [5, 5.41) is 3.91. The van der Waals surface area contributed by atoms with Gasteiger partial charge in [-0.15, -0.1) is 0 Å². The zero-order valence-corrected chi connectivity index (χ0v) is 11.1. The van der Waals surface area contributed by atoms with Gasteiger partial charge in [0.15, 0.2) is 0 Å². The van der Waals surface area contributed by atoms with Crippen molar-refractivity contribution in [3.63, 3.8) is 0 Å². The summed E-state index contributed by atoms with van der Waals surface area (Å²) in [5.41, 5.74) is 3.14. The first kappa shape index (κ1) is 12.5. The number of nitrogens with two attached hydrogens (primary N) is 1. The Bertz CT molecular complexity index is 516. The fourth-order valence-electron chi connectivity index (χ4n) is 2.88. The number of H-pyrrole nitrogens is 1. The highest BCUT2D eigenvalue weighted by Gasteiger charge is 2.36. The van der Waals surface area contributed by atoms with Crippen molar-refractivity contribution in [1.82, 2.24) is 4.98 Å². The van der Waals surface area contributed by atoms with Crippen LogP contribution < -0.4 is 17.7 Å². The fourth-order valence-corrected chi connectivity index (χ4v) is 2.88. The standard InChI is InChI=1S/C14H18N2.ClH/c1-14(2)8-7-13(16-14)11-9-15-12-6-4-3-5-10(11)12;/h3-6,9,13,15-16H,7-8H2,1-2H3;1H. The first-order chi connectivity index (χ1) is 7.66. The molecule has 3 heteroatoms. The van der Waals surface area contributed by atoms with Gasteiger partial charge in [-0.1, -0.05) is 18.2 Å². The largest absolute Gasteiger partial charge is 1.00 e. The van der Waals surface area contributed by atoms with E-state index in [0.717, 1.165) is 0 Å². The van der Waals surface area contributed by atoms with E-state index in [4.69, 9.17) is 0 Å². The summed E-state index contributed by atoms with van der Waals surface area (Å²) in [6, 6.07) is 9.22. The van der Waals surface area contributed by atoms with Crippen molar-refractivity contribution in [3.05, 3.63) is 36.0 Å². The minimum Gasteiger partial charge on any atom is -1.00 e. The number of aromatic nitrogens is 1. The molecule has 92 valence electrons. The van der Waals surface area contributed by atoms with E-state index in [9.17, 15) is 0 Å². The van der Waals surface area contributed by atoms with Gasteiger partial charge >= 0.3 is 0 Å². The minimum absolute atomic E-state index is 0. The lowest BCUT2D eigenvalue weighted by Gasteiger charge is -2.16. The van der Waals surface area contributed by atoms with E-state index >= 15 is 0 Å². The van der Waals surface area contributed by atoms with E-state index in [-0.39, 0.29) is 12.4 Å². The predicted molar refractivity (Wildman–Crippen MR) is 66.3 cm³/mol. The van der Waals surface area contributed by atoms with Crippen LogP contribution in [-0.4, -0.2) is 10.5 Å². The summed E-state index contributed by atoms with van der Waals surface area (Å²) in [5.74, 6) is 0. The Morgan fingerprint density at radius 2 is 2.06 bits per heavy atom. The van der Waals surface area contributed by atoms with Crippen LogP contribution in [0.15, 0.2) is 30.5 Å². The van der Waals surface area contributed by atoms with Crippen molar-refractivity contribution in [2.45, 2.75) is 38.3 Å². The Morgan fingerprint density at radius 3 is 2.76 bits per heavy atom. The van der Waals surface area contributed by atoms with Crippen LogP contribution >= 0.6 is 0 Å². The monoisotopic (exact) mass is 250 g/mol. The first-order valence-corrected chi connectivity index (χ1v) is 6.08. The van der Waals surface area contributed by atoms with Crippen molar-refractivity contribution >= 4 is 10.9 Å². The number of quaternary nitrogens is 1. The molecule has 2 aromatic rings. The van der Waals surface area contributed by atoms with Crippen LogP contribution in [-0.2, 0) is 0 Å². The molecule has 1 saturated heterocycles. The molecular weight excluding hydrogens is 232 g/mol. The van der Waals surface area contributed by atoms with Gasteiger partial charge in [0.25, 0.3) is 0 Å². The number of halogens is 1. The molecule has 3 N–H and O–H groups in total. The molecule has 1 aromatic heterocycles. The summed E-state index contributed by atoms with van der Waals surface area (Å²) in [4.78, 5) is 3.37. The van der Waals surface area contributed by atoms with Gasteiger partial charge in [-0.05, 0) is 19.9 Å². The van der Waals surface area contributed by atoms with E-state index < -0.39 is 0 Å². The Morgan fingerprint density at radius 1 is 1.29 bits per heavy atom. The predicted octanol–water partition coefficient (Wildman–Crippen LogP) is -0.651. The molecule has 0 bridgehead atoms. The summed E-state index contributed by atoms with van der Waals surface area (Å²) < 4.78 is 0. The Hall–Kier alpha value is -0.990. The molecule has 2 nitrogen and oxygen atoms in total. The third-order valence-electron chi connectivity index (χ3n) is 3.77. The molecule has 1 aromatic carbocycles. The second-order valence-electron chi connectivity index (χ2n) is 5.59. The molecular formula is C14H19ClN2. The fraction of sp³-hybridized carbons (Fsp3) is 0.429. The zero-order chi connectivity index (χ0) is 11.2. The highest BCUT2D eigenvalue weighted by atomic mass is 35.5. The second kappa shape index (κ2) is 4.35. The Kier molecular flexibility index (Phi) is 3.19. The zero-order valence-electron chi connectivity index (χ0n) is 10.3. The summed E-state index contributed by atoms with van der Waals surface area (Å²) in [6.07, 6.45) is 4.78. The van der Waals surface area contributed by atoms with E-state index in [2.05, 4.69) is 54.6 Å². The smallest absolute Gasteiger partial charge is 0.114 e. The van der Waals surface area contributed by atoms with Gasteiger partial charge in [0.05, 0.1) is 5.54 Å². The van der Waals surface area contributed by atoms with Crippen molar-refractivity contribution in [1.29, 1.82) is 0 Å². The lowest BCUT2D eigenvalue weighted by molar-refractivity contribution is -0.735. The maximum atomic E-state index is 3.37. The van der Waals surface area contributed by atoms with Gasteiger partial charge in [0.1, 0.15) is 6.04 Å². The molecule has 0 amide bonds. The second-order valence-corrected chi connectivity index (χ2v) is 5.59. The molecule has 0 aliphatic carbocycles. The number of hydrogen-bond donors (Lipinski definition) is 2. The molecule has 0 saturated carbocycles. The Balaban J connectivity index is 0.00000108. The average Bonchev–Trinajstić information content (AvgIpc) is 2.81. The van der Waals surface area contributed by atoms with E-state index in [0.29, 0.717) is 11.6 Å². The van der Waals surface area contributed by atoms with E-state index in [1.807, 2.05) is 0 Å². The summed E-state index contributed by atoms with van der Waals surface area (Å²) in [7, 11) is 0.